The Morgan fingerprint density at radius 1 is 1.22 bits per heavy atom. The number of azo groups is 1. The number of ketones is 1. The van der Waals surface area contributed by atoms with Gasteiger partial charge in [-0.1, -0.05) is 36.2 Å². The average Bonchev–Trinajstić information content (AvgIpc) is 3.38. The molecule has 0 unspecified atom stereocenters. The highest BCUT2D eigenvalue weighted by Crippen LogP contribution is 2.28. The molecule has 1 aromatic carbocycles. The van der Waals surface area contributed by atoms with Crippen LogP contribution in [0, 0.1) is 5.92 Å². The normalized spacial score (nSPS) is 20.1. The number of carbonyl (C=O) groups is 3. The van der Waals surface area contributed by atoms with Crippen molar-refractivity contribution in [2.75, 3.05) is 13.1 Å². The summed E-state index contributed by atoms with van der Waals surface area (Å²) in [5, 5.41) is 11.5. The Labute approximate surface area is 211 Å². The molecule has 32 heavy (non-hydrogen) atoms. The first-order valence-corrected chi connectivity index (χ1v) is 10.7. The summed E-state index contributed by atoms with van der Waals surface area (Å²) in [4.78, 5) is 39.5. The van der Waals surface area contributed by atoms with Gasteiger partial charge in [-0.05, 0) is 43.5 Å². The van der Waals surface area contributed by atoms with Crippen LogP contribution >= 0.6 is 50.2 Å². The van der Waals surface area contributed by atoms with Crippen molar-refractivity contribution < 1.29 is 14.4 Å². The summed E-state index contributed by atoms with van der Waals surface area (Å²) in [6.07, 6.45) is 3.16. The second-order valence-corrected chi connectivity index (χ2v) is 8.33. The van der Waals surface area contributed by atoms with Crippen LogP contribution in [0.4, 0.5) is 0 Å². The number of halogens is 2. The molecule has 0 aliphatic carbocycles. The van der Waals surface area contributed by atoms with Crippen molar-refractivity contribution in [3.63, 3.8) is 0 Å². The molecule has 2 heterocycles. The van der Waals surface area contributed by atoms with Crippen LogP contribution in [0.2, 0.25) is 10.0 Å². The Kier molecular flexibility index (Phi) is 11.2. The van der Waals surface area contributed by atoms with Crippen LogP contribution in [-0.2, 0) is 20.8 Å². The molecule has 0 spiro atoms. The van der Waals surface area contributed by atoms with E-state index in [1.807, 2.05) is 13.0 Å². The Bertz CT molecular complexity index is 926. The smallest absolute Gasteiger partial charge is 0.312 e. The fourth-order valence-electron chi connectivity index (χ4n) is 3.88. The number of carbonyl (C=O) groups excluding carboxylic acids is 3. The molecule has 0 aromatic heterocycles. The number of amides is 2. The molecule has 11 heteroatoms. The number of rotatable bonds is 6. The highest BCUT2D eigenvalue weighted by molar-refractivity contribution is 7.59. The molecule has 1 aromatic rings. The van der Waals surface area contributed by atoms with E-state index in [1.165, 1.54) is 4.90 Å². The van der Waals surface area contributed by atoms with Crippen LogP contribution in [0.1, 0.15) is 32.3 Å². The SMILES string of the molecule is CC[C@H](NC(=O)C(=O)N1CC[C@H](C(=O)Cc2ccc(Cl)c(Cl)c2)[C@@H]1C)C1=CCN=N1.S.S. The third-order valence-electron chi connectivity index (χ3n) is 5.62. The van der Waals surface area contributed by atoms with Crippen molar-refractivity contribution in [2.24, 2.45) is 16.1 Å². The quantitative estimate of drug-likeness (QED) is 0.580. The Balaban J connectivity index is 0.00000256. The number of hydrogen-bond donors (Lipinski definition) is 1. The van der Waals surface area contributed by atoms with Crippen molar-refractivity contribution in [3.05, 3.63) is 45.6 Å². The third kappa shape index (κ3) is 6.50. The van der Waals surface area contributed by atoms with E-state index < -0.39 is 11.8 Å². The molecule has 1 saturated heterocycles. The summed E-state index contributed by atoms with van der Waals surface area (Å²) in [7, 11) is 0. The lowest BCUT2D eigenvalue weighted by molar-refractivity contribution is -0.147. The highest BCUT2D eigenvalue weighted by atomic mass is 35.5. The van der Waals surface area contributed by atoms with Crippen molar-refractivity contribution in [2.45, 2.75) is 45.2 Å². The maximum absolute atomic E-state index is 12.8. The predicted molar refractivity (Wildman–Crippen MR) is 135 cm³/mol. The Morgan fingerprint density at radius 2 is 1.94 bits per heavy atom. The molecule has 1 fully saturated rings. The number of hydrogen-bond acceptors (Lipinski definition) is 5. The van der Waals surface area contributed by atoms with Crippen LogP contribution < -0.4 is 5.32 Å². The first kappa shape index (κ1) is 28.5. The maximum Gasteiger partial charge on any atom is 0.312 e. The van der Waals surface area contributed by atoms with E-state index in [-0.39, 0.29) is 57.2 Å². The van der Waals surface area contributed by atoms with E-state index in [0.717, 1.165) is 5.56 Å². The van der Waals surface area contributed by atoms with Gasteiger partial charge in [-0.15, -0.1) is 0 Å². The fraction of sp³-hybridized carbons (Fsp3) is 0.476. The second-order valence-electron chi connectivity index (χ2n) is 7.51. The van der Waals surface area contributed by atoms with Gasteiger partial charge in [0.2, 0.25) is 0 Å². The monoisotopic (exact) mass is 518 g/mol. The fourth-order valence-corrected chi connectivity index (χ4v) is 4.20. The molecular weight excluding hydrogens is 491 g/mol. The molecule has 0 radical (unpaired) electrons. The zero-order valence-corrected chi connectivity index (χ0v) is 21.4. The van der Waals surface area contributed by atoms with Crippen molar-refractivity contribution in [1.82, 2.24) is 10.2 Å². The average molecular weight is 520 g/mol. The van der Waals surface area contributed by atoms with E-state index in [9.17, 15) is 14.4 Å². The first-order chi connectivity index (χ1) is 14.3. The lowest BCUT2D eigenvalue weighted by atomic mass is 9.92. The zero-order valence-electron chi connectivity index (χ0n) is 17.9. The van der Waals surface area contributed by atoms with Gasteiger partial charge in [-0.25, -0.2) is 0 Å². The molecule has 3 rings (SSSR count). The lowest BCUT2D eigenvalue weighted by Crippen LogP contribution is -2.48. The van der Waals surface area contributed by atoms with Crippen LogP contribution in [0.15, 0.2) is 40.2 Å². The molecule has 176 valence electrons. The molecule has 7 nitrogen and oxygen atoms in total. The van der Waals surface area contributed by atoms with Gasteiger partial charge < -0.3 is 10.2 Å². The minimum atomic E-state index is -0.686. The lowest BCUT2D eigenvalue weighted by Gasteiger charge is -2.25. The summed E-state index contributed by atoms with van der Waals surface area (Å²) in [5.41, 5.74) is 1.44. The molecule has 3 atom stereocenters. The minimum Gasteiger partial charge on any atom is -0.339 e. The maximum atomic E-state index is 12.8. The number of nitrogens with zero attached hydrogens (tertiary/aromatic N) is 3. The van der Waals surface area contributed by atoms with E-state index >= 15 is 0 Å². The molecule has 2 amide bonds. The second kappa shape index (κ2) is 12.6. The predicted octanol–water partition coefficient (Wildman–Crippen LogP) is 3.81. The van der Waals surface area contributed by atoms with Gasteiger partial charge in [0, 0.05) is 24.9 Å². The van der Waals surface area contributed by atoms with Gasteiger partial charge in [-0.3, -0.25) is 14.4 Å². The van der Waals surface area contributed by atoms with Crippen LogP contribution in [0.25, 0.3) is 0 Å². The van der Waals surface area contributed by atoms with Gasteiger partial charge in [0.1, 0.15) is 5.78 Å². The number of likely N-dealkylation sites (tertiary alicyclic amines) is 1. The number of Topliss-reactive ketones (excluding diaryl/α,β-unsaturated/α-hetero) is 1. The highest BCUT2D eigenvalue weighted by Gasteiger charge is 2.40. The number of nitrogens with one attached hydrogen (secondary N) is 1. The summed E-state index contributed by atoms with van der Waals surface area (Å²) in [5.74, 6) is -1.63. The minimum absolute atomic E-state index is 0. The summed E-state index contributed by atoms with van der Waals surface area (Å²) >= 11 is 12.0. The third-order valence-corrected chi connectivity index (χ3v) is 6.36. The van der Waals surface area contributed by atoms with Crippen molar-refractivity contribution in [1.29, 1.82) is 0 Å². The van der Waals surface area contributed by atoms with Gasteiger partial charge in [-0.2, -0.15) is 37.2 Å². The van der Waals surface area contributed by atoms with Gasteiger partial charge in [0.05, 0.1) is 28.3 Å². The molecule has 2 aliphatic heterocycles. The van der Waals surface area contributed by atoms with Gasteiger partial charge >= 0.3 is 11.8 Å². The number of benzene rings is 1. The van der Waals surface area contributed by atoms with E-state index in [0.29, 0.717) is 41.7 Å². The topological polar surface area (TPSA) is 91.2 Å². The molecule has 0 saturated carbocycles. The van der Waals surface area contributed by atoms with Crippen molar-refractivity contribution >= 4 is 67.8 Å². The van der Waals surface area contributed by atoms with Gasteiger partial charge in [0.15, 0.2) is 0 Å². The Morgan fingerprint density at radius 3 is 2.53 bits per heavy atom. The summed E-state index contributed by atoms with van der Waals surface area (Å²) in [6.45, 7) is 4.56. The van der Waals surface area contributed by atoms with Crippen LogP contribution in [0.3, 0.4) is 0 Å². The molecule has 1 N–H and O–H groups in total. The zero-order chi connectivity index (χ0) is 21.8. The molecule has 0 bridgehead atoms. The van der Waals surface area contributed by atoms with Crippen LogP contribution in [-0.4, -0.2) is 47.7 Å². The molecule has 2 aliphatic rings. The largest absolute Gasteiger partial charge is 0.339 e. The summed E-state index contributed by atoms with van der Waals surface area (Å²) < 4.78 is 0. The van der Waals surface area contributed by atoms with Crippen LogP contribution in [0.5, 0.6) is 0 Å². The standard InChI is InChI=1S/C21H24Cl2N4O3.2H2S/c1-3-17(18-6-8-24-26-18)25-20(29)21(30)27-9-7-14(12(27)2)19(28)11-13-4-5-15(22)16(23)10-13;;/h4-6,10,12,14,17H,3,7-9,11H2,1-2H3,(H,25,29);2*1H2/t12-,14-,17-;;/m0../s1. The van der Waals surface area contributed by atoms with E-state index in [1.54, 1.807) is 25.1 Å². The van der Waals surface area contributed by atoms with E-state index in [2.05, 4.69) is 15.5 Å². The summed E-state index contributed by atoms with van der Waals surface area (Å²) in [6, 6.07) is 4.40. The van der Waals surface area contributed by atoms with Crippen molar-refractivity contribution in [3.8, 4) is 0 Å². The first-order valence-electron chi connectivity index (χ1n) is 9.97. The Hall–Kier alpha value is -1.55. The van der Waals surface area contributed by atoms with Gasteiger partial charge in [0.25, 0.3) is 0 Å². The van der Waals surface area contributed by atoms with E-state index in [4.69, 9.17) is 23.2 Å². The molecular formula is C21H28Cl2N4O3S2.